The van der Waals surface area contributed by atoms with E-state index in [0.29, 0.717) is 25.0 Å². The molecule has 0 aromatic rings. The highest BCUT2D eigenvalue weighted by Gasteiger charge is 2.29. The molecule has 25 heavy (non-hydrogen) atoms. The first-order valence-electron chi connectivity index (χ1n) is 8.78. The molecule has 1 aliphatic rings. The van der Waals surface area contributed by atoms with Crippen LogP contribution in [0.1, 0.15) is 66.7 Å². The molecule has 0 bridgehead atoms. The van der Waals surface area contributed by atoms with E-state index in [-0.39, 0.29) is 12.3 Å². The van der Waals surface area contributed by atoms with Crippen molar-refractivity contribution in [1.82, 2.24) is 9.79 Å². The number of allylic oxidation sites excluding steroid dienone is 1. The van der Waals surface area contributed by atoms with Crippen LogP contribution in [0.5, 0.6) is 0 Å². The third kappa shape index (κ3) is 8.49. The van der Waals surface area contributed by atoms with Gasteiger partial charge in [-0.05, 0) is 25.2 Å². The van der Waals surface area contributed by atoms with Crippen LogP contribution in [-0.4, -0.2) is 37.2 Å². The monoisotopic (exact) mass is 376 g/mol. The van der Waals surface area contributed by atoms with Crippen molar-refractivity contribution in [2.45, 2.75) is 72.0 Å². The number of carbonyl (C=O) groups excluding carboxylic acids is 2. The fraction of sp³-hybridized carbons (Fsp3) is 0.765. The molecule has 1 fully saturated rings. The van der Waals surface area contributed by atoms with Crippen molar-refractivity contribution in [3.05, 3.63) is 12.3 Å². The Morgan fingerprint density at radius 3 is 2.08 bits per heavy atom. The van der Waals surface area contributed by atoms with Crippen molar-refractivity contribution < 1.29 is 22.8 Å². The first kappa shape index (κ1) is 23.6. The van der Waals surface area contributed by atoms with E-state index in [2.05, 4.69) is 32.1 Å². The Morgan fingerprint density at radius 2 is 1.72 bits per heavy atom. The topological polar surface area (TPSA) is 92.8 Å². The van der Waals surface area contributed by atoms with Gasteiger partial charge in [-0.1, -0.05) is 47.6 Å². The molecule has 0 atom stereocenters. The summed E-state index contributed by atoms with van der Waals surface area (Å²) in [5, 5.41) is 0.284. The molecule has 1 aliphatic heterocycles. The molecular formula is C17H32N2O5S. The number of hydrogen-bond acceptors (Lipinski definition) is 5. The third-order valence-corrected chi connectivity index (χ3v) is 6.01. The van der Waals surface area contributed by atoms with Gasteiger partial charge in [0.2, 0.25) is 10.0 Å². The van der Waals surface area contributed by atoms with Gasteiger partial charge in [-0.3, -0.25) is 4.79 Å². The van der Waals surface area contributed by atoms with Gasteiger partial charge in [0.25, 0.3) is 5.91 Å². The highest BCUT2D eigenvalue weighted by atomic mass is 32.2. The number of nitrogens with zero attached hydrogens (tertiary/aromatic N) is 1. The number of amides is 1. The molecule has 0 unspecified atom stereocenters. The van der Waals surface area contributed by atoms with E-state index in [1.54, 1.807) is 13.8 Å². The van der Waals surface area contributed by atoms with Gasteiger partial charge < -0.3 is 4.84 Å². The van der Waals surface area contributed by atoms with Crippen molar-refractivity contribution >= 4 is 21.9 Å². The molecule has 0 radical (unpaired) electrons. The van der Waals surface area contributed by atoms with Gasteiger partial charge in [-0.25, -0.2) is 17.9 Å². The molecule has 1 heterocycles. The number of sulfonamides is 1. The van der Waals surface area contributed by atoms with Crippen LogP contribution in [0, 0.1) is 5.92 Å². The number of hydrogen-bond donors (Lipinski definition) is 1. The largest absolute Gasteiger partial charge is 0.347 e. The quantitative estimate of drug-likeness (QED) is 0.703. The first-order valence-corrected chi connectivity index (χ1v) is 10.3. The second-order valence-electron chi connectivity index (χ2n) is 6.32. The maximum atomic E-state index is 11.8. The second kappa shape index (κ2) is 11.3. The summed E-state index contributed by atoms with van der Waals surface area (Å²) in [5.41, 5.74) is 0.395. The summed E-state index contributed by atoms with van der Waals surface area (Å²) in [7, 11) is -3.55. The van der Waals surface area contributed by atoms with Gasteiger partial charge in [0.1, 0.15) is 6.54 Å². The van der Waals surface area contributed by atoms with E-state index in [1.165, 1.54) is 6.42 Å². The summed E-state index contributed by atoms with van der Waals surface area (Å²) in [4.78, 5) is 27.7. The normalized spacial score (nSPS) is 14.8. The minimum absolute atomic E-state index is 0.242. The Kier molecular flexibility index (Phi) is 10.6. The average Bonchev–Trinajstić information content (AvgIpc) is 2.86. The standard InChI is InChI=1S/C12H20N2O5S.C5H12/c1-4-10(5-2)20(17,18)13-8-12(16)19-14-9(3)6-7-11(14)15;1-4-5(2)3/h10,13H,3-8H2,1-2H3;5H,4H2,1-3H3. The molecule has 8 heteroatoms. The lowest BCUT2D eigenvalue weighted by Gasteiger charge is -2.17. The Hall–Kier alpha value is -1.41. The molecule has 0 aliphatic carbocycles. The van der Waals surface area contributed by atoms with Gasteiger partial charge in [0.15, 0.2) is 0 Å². The molecule has 1 N–H and O–H groups in total. The molecular weight excluding hydrogens is 344 g/mol. The number of rotatable bonds is 8. The van der Waals surface area contributed by atoms with Gasteiger partial charge in [-0.2, -0.15) is 0 Å². The predicted molar refractivity (Wildman–Crippen MR) is 97.7 cm³/mol. The van der Waals surface area contributed by atoms with Gasteiger partial charge >= 0.3 is 5.97 Å². The van der Waals surface area contributed by atoms with Crippen LogP contribution >= 0.6 is 0 Å². The molecule has 146 valence electrons. The Bertz CT molecular complexity index is 537. The van der Waals surface area contributed by atoms with Crippen molar-refractivity contribution in [2.75, 3.05) is 6.54 Å². The zero-order chi connectivity index (χ0) is 19.6. The number of carbonyl (C=O) groups is 2. The predicted octanol–water partition coefficient (Wildman–Crippen LogP) is 2.74. The van der Waals surface area contributed by atoms with E-state index in [1.807, 2.05) is 0 Å². The minimum atomic E-state index is -3.55. The summed E-state index contributed by atoms with van der Waals surface area (Å²) in [6, 6.07) is 0. The Labute approximate surface area is 151 Å². The SMILES string of the molecule is C=C1CCC(=O)N1OC(=O)CNS(=O)(=O)C(CC)CC.CCC(C)C. The molecule has 1 rings (SSSR count). The van der Waals surface area contributed by atoms with Crippen LogP contribution in [-0.2, 0) is 24.4 Å². The van der Waals surface area contributed by atoms with Crippen molar-refractivity contribution in [3.63, 3.8) is 0 Å². The number of nitrogens with one attached hydrogen (secondary N) is 1. The van der Waals surface area contributed by atoms with Gasteiger partial charge in [0.05, 0.1) is 10.9 Å². The third-order valence-electron chi connectivity index (χ3n) is 3.92. The fourth-order valence-corrected chi connectivity index (χ4v) is 3.32. The highest BCUT2D eigenvalue weighted by Crippen LogP contribution is 2.20. The van der Waals surface area contributed by atoms with Crippen LogP contribution in [0.3, 0.4) is 0 Å². The molecule has 1 amide bonds. The van der Waals surface area contributed by atoms with Crippen LogP contribution in [0.25, 0.3) is 0 Å². The molecule has 0 aromatic carbocycles. The summed E-state index contributed by atoms with van der Waals surface area (Å²) in [6.07, 6.45) is 2.90. The molecule has 7 nitrogen and oxygen atoms in total. The lowest BCUT2D eigenvalue weighted by Crippen LogP contribution is -2.39. The fourth-order valence-electron chi connectivity index (χ4n) is 1.89. The molecule has 0 spiro atoms. The summed E-state index contributed by atoms with van der Waals surface area (Å²) in [5.74, 6) is -0.308. The zero-order valence-electron chi connectivity index (χ0n) is 16.0. The van der Waals surface area contributed by atoms with Crippen LogP contribution in [0.15, 0.2) is 12.3 Å². The van der Waals surface area contributed by atoms with E-state index < -0.39 is 27.8 Å². The van der Waals surface area contributed by atoms with Crippen molar-refractivity contribution in [1.29, 1.82) is 0 Å². The van der Waals surface area contributed by atoms with Crippen molar-refractivity contribution in [2.24, 2.45) is 5.92 Å². The summed E-state index contributed by atoms with van der Waals surface area (Å²) in [6.45, 7) is 13.3. The molecule has 0 saturated carbocycles. The molecule has 0 aromatic heterocycles. The average molecular weight is 377 g/mol. The van der Waals surface area contributed by atoms with E-state index >= 15 is 0 Å². The molecule has 1 saturated heterocycles. The Balaban J connectivity index is 0.00000101. The summed E-state index contributed by atoms with van der Waals surface area (Å²) >= 11 is 0. The van der Waals surface area contributed by atoms with Gasteiger partial charge in [-0.15, -0.1) is 5.06 Å². The van der Waals surface area contributed by atoms with Crippen molar-refractivity contribution in [3.8, 4) is 0 Å². The van der Waals surface area contributed by atoms with Crippen LogP contribution < -0.4 is 4.72 Å². The van der Waals surface area contributed by atoms with E-state index in [9.17, 15) is 18.0 Å². The smallest absolute Gasteiger partial charge is 0.332 e. The maximum Gasteiger partial charge on any atom is 0.347 e. The zero-order valence-corrected chi connectivity index (χ0v) is 16.8. The number of hydroxylamine groups is 2. The summed E-state index contributed by atoms with van der Waals surface area (Å²) < 4.78 is 25.9. The minimum Gasteiger partial charge on any atom is -0.332 e. The maximum absolute atomic E-state index is 11.8. The lowest BCUT2D eigenvalue weighted by atomic mass is 10.2. The van der Waals surface area contributed by atoms with Crippen LogP contribution in [0.2, 0.25) is 0 Å². The highest BCUT2D eigenvalue weighted by molar-refractivity contribution is 7.90. The van der Waals surface area contributed by atoms with E-state index in [4.69, 9.17) is 4.84 Å². The van der Waals surface area contributed by atoms with E-state index in [0.717, 1.165) is 11.0 Å². The lowest BCUT2D eigenvalue weighted by molar-refractivity contribution is -0.185. The van der Waals surface area contributed by atoms with Gasteiger partial charge in [0, 0.05) is 6.42 Å². The Morgan fingerprint density at radius 1 is 1.20 bits per heavy atom. The first-order chi connectivity index (χ1) is 11.6. The van der Waals surface area contributed by atoms with Crippen LogP contribution in [0.4, 0.5) is 0 Å². The second-order valence-corrected chi connectivity index (χ2v) is 8.37.